The Morgan fingerprint density at radius 2 is 2.00 bits per heavy atom. The minimum absolute atomic E-state index is 0.0944. The van der Waals surface area contributed by atoms with Gasteiger partial charge in [0.05, 0.1) is 17.4 Å². The van der Waals surface area contributed by atoms with Crippen LogP contribution in [0.2, 0.25) is 0 Å². The van der Waals surface area contributed by atoms with Crippen molar-refractivity contribution in [3.05, 3.63) is 29.8 Å². The first-order chi connectivity index (χ1) is 8.56. The van der Waals surface area contributed by atoms with Gasteiger partial charge in [-0.15, -0.1) is 0 Å². The minimum atomic E-state index is -0.280. The van der Waals surface area contributed by atoms with Crippen LogP contribution in [0.5, 0.6) is 0 Å². The van der Waals surface area contributed by atoms with E-state index in [9.17, 15) is 4.79 Å². The number of ether oxygens (including phenoxy) is 1. The van der Waals surface area contributed by atoms with Gasteiger partial charge in [-0.3, -0.25) is 5.01 Å². The minimum Gasteiger partial charge on any atom is -0.459 e. The summed E-state index contributed by atoms with van der Waals surface area (Å²) < 4.78 is 5.14. The summed E-state index contributed by atoms with van der Waals surface area (Å²) in [6.07, 6.45) is 0.903. The summed E-state index contributed by atoms with van der Waals surface area (Å²) in [6, 6.07) is 7.37. The number of anilines is 1. The normalized spacial score (nSPS) is 14.9. The molecule has 4 heteroatoms. The van der Waals surface area contributed by atoms with E-state index in [2.05, 4.69) is 5.10 Å². The molecular formula is C14H18N2O2. The molecule has 0 spiro atoms. The highest BCUT2D eigenvalue weighted by molar-refractivity contribution is 5.90. The van der Waals surface area contributed by atoms with E-state index >= 15 is 0 Å². The maximum absolute atomic E-state index is 11.7. The summed E-state index contributed by atoms with van der Waals surface area (Å²) >= 11 is 0. The van der Waals surface area contributed by atoms with Gasteiger partial charge < -0.3 is 4.74 Å². The van der Waals surface area contributed by atoms with Crippen LogP contribution in [-0.2, 0) is 4.74 Å². The van der Waals surface area contributed by atoms with Gasteiger partial charge in [0, 0.05) is 18.7 Å². The van der Waals surface area contributed by atoms with E-state index in [1.54, 1.807) is 12.1 Å². The molecule has 0 aliphatic carbocycles. The van der Waals surface area contributed by atoms with Crippen molar-refractivity contribution in [2.45, 2.75) is 33.3 Å². The van der Waals surface area contributed by atoms with Crippen molar-refractivity contribution in [2.75, 3.05) is 11.6 Å². The van der Waals surface area contributed by atoms with Crippen molar-refractivity contribution < 1.29 is 9.53 Å². The van der Waals surface area contributed by atoms with Gasteiger partial charge in [-0.2, -0.15) is 5.10 Å². The lowest BCUT2D eigenvalue weighted by molar-refractivity contribution is 0.0378. The van der Waals surface area contributed by atoms with Gasteiger partial charge in [0.15, 0.2) is 0 Å². The van der Waals surface area contributed by atoms with Crippen LogP contribution in [-0.4, -0.2) is 24.3 Å². The van der Waals surface area contributed by atoms with Crippen LogP contribution in [0, 0.1) is 0 Å². The highest BCUT2D eigenvalue weighted by atomic mass is 16.5. The predicted molar refractivity (Wildman–Crippen MR) is 72.1 cm³/mol. The molecule has 1 aromatic carbocycles. The Balaban J connectivity index is 2.08. The average molecular weight is 246 g/mol. The number of hydrazone groups is 1. The zero-order valence-corrected chi connectivity index (χ0v) is 11.0. The van der Waals surface area contributed by atoms with Gasteiger partial charge in [0.25, 0.3) is 0 Å². The molecule has 0 saturated heterocycles. The third-order valence-electron chi connectivity index (χ3n) is 2.72. The van der Waals surface area contributed by atoms with Crippen molar-refractivity contribution >= 4 is 17.4 Å². The summed E-state index contributed by atoms with van der Waals surface area (Å²) in [7, 11) is 0. The van der Waals surface area contributed by atoms with Gasteiger partial charge in [0.2, 0.25) is 0 Å². The van der Waals surface area contributed by atoms with Crippen molar-refractivity contribution in [3.63, 3.8) is 0 Å². The Labute approximate surface area is 107 Å². The zero-order valence-electron chi connectivity index (χ0n) is 11.0. The number of hydrogen-bond donors (Lipinski definition) is 0. The van der Waals surface area contributed by atoms with E-state index in [1.807, 2.05) is 37.9 Å². The van der Waals surface area contributed by atoms with Crippen LogP contribution in [0.1, 0.15) is 37.6 Å². The Bertz CT molecular complexity index is 463. The SMILES string of the molecule is CC1=NN(c2ccc(C(=O)OC(C)C)cc2)CC1. The fraction of sp³-hybridized carbons (Fsp3) is 0.429. The van der Waals surface area contributed by atoms with Gasteiger partial charge in [-0.25, -0.2) is 4.79 Å². The molecule has 96 valence electrons. The second-order valence-corrected chi connectivity index (χ2v) is 4.71. The lowest BCUT2D eigenvalue weighted by Crippen LogP contribution is -2.13. The molecule has 0 amide bonds. The first-order valence-electron chi connectivity index (χ1n) is 6.19. The summed E-state index contributed by atoms with van der Waals surface area (Å²) in [4.78, 5) is 11.7. The van der Waals surface area contributed by atoms with Gasteiger partial charge in [0.1, 0.15) is 0 Å². The van der Waals surface area contributed by atoms with E-state index < -0.39 is 0 Å². The highest BCUT2D eigenvalue weighted by Crippen LogP contribution is 2.20. The van der Waals surface area contributed by atoms with Crippen LogP contribution < -0.4 is 5.01 Å². The molecule has 1 aliphatic heterocycles. The molecule has 0 aromatic heterocycles. The van der Waals surface area contributed by atoms with E-state index in [0.29, 0.717) is 5.56 Å². The molecule has 18 heavy (non-hydrogen) atoms. The van der Waals surface area contributed by atoms with Crippen molar-refractivity contribution in [3.8, 4) is 0 Å². The number of esters is 1. The van der Waals surface area contributed by atoms with Gasteiger partial charge in [-0.1, -0.05) is 0 Å². The number of rotatable bonds is 3. The molecule has 0 radical (unpaired) electrons. The summed E-state index contributed by atoms with van der Waals surface area (Å²) in [5, 5.41) is 6.37. The Morgan fingerprint density at radius 1 is 1.33 bits per heavy atom. The van der Waals surface area contributed by atoms with Crippen LogP contribution in [0.15, 0.2) is 29.4 Å². The van der Waals surface area contributed by atoms with E-state index in [4.69, 9.17) is 4.74 Å². The van der Waals surface area contributed by atoms with E-state index in [-0.39, 0.29) is 12.1 Å². The fourth-order valence-corrected chi connectivity index (χ4v) is 1.81. The second kappa shape index (κ2) is 5.21. The first kappa shape index (κ1) is 12.6. The summed E-state index contributed by atoms with van der Waals surface area (Å²) in [5.41, 5.74) is 2.72. The average Bonchev–Trinajstić information content (AvgIpc) is 2.75. The lowest BCUT2D eigenvalue weighted by atomic mass is 10.2. The Kier molecular flexibility index (Phi) is 3.65. The fourth-order valence-electron chi connectivity index (χ4n) is 1.81. The monoisotopic (exact) mass is 246 g/mol. The van der Waals surface area contributed by atoms with Crippen molar-refractivity contribution in [1.29, 1.82) is 0 Å². The smallest absolute Gasteiger partial charge is 0.338 e. The van der Waals surface area contributed by atoms with Crippen LogP contribution in [0.25, 0.3) is 0 Å². The van der Waals surface area contributed by atoms with E-state index in [0.717, 1.165) is 24.4 Å². The molecule has 0 atom stereocenters. The molecular weight excluding hydrogens is 228 g/mol. The number of nitrogens with zero attached hydrogens (tertiary/aromatic N) is 2. The van der Waals surface area contributed by atoms with E-state index in [1.165, 1.54) is 0 Å². The molecule has 0 saturated carbocycles. The molecule has 0 unspecified atom stereocenters. The van der Waals surface area contributed by atoms with Crippen LogP contribution in [0.4, 0.5) is 5.69 Å². The summed E-state index contributed by atoms with van der Waals surface area (Å²) in [6.45, 7) is 6.61. The number of carbonyl (C=O) groups is 1. The molecule has 1 heterocycles. The van der Waals surface area contributed by atoms with Crippen LogP contribution in [0.3, 0.4) is 0 Å². The lowest BCUT2D eigenvalue weighted by Gasteiger charge is -2.14. The third kappa shape index (κ3) is 2.88. The molecule has 1 aromatic rings. The maximum atomic E-state index is 11.7. The molecule has 1 aliphatic rings. The first-order valence-corrected chi connectivity index (χ1v) is 6.19. The van der Waals surface area contributed by atoms with Crippen molar-refractivity contribution in [1.82, 2.24) is 0 Å². The molecule has 0 fully saturated rings. The highest BCUT2D eigenvalue weighted by Gasteiger charge is 2.14. The van der Waals surface area contributed by atoms with Gasteiger partial charge >= 0.3 is 5.97 Å². The third-order valence-corrected chi connectivity index (χ3v) is 2.72. The number of benzene rings is 1. The quantitative estimate of drug-likeness (QED) is 0.770. The summed E-state index contributed by atoms with van der Waals surface area (Å²) in [5.74, 6) is -0.280. The Hall–Kier alpha value is -1.84. The second-order valence-electron chi connectivity index (χ2n) is 4.71. The maximum Gasteiger partial charge on any atom is 0.338 e. The molecule has 2 rings (SSSR count). The molecule has 0 N–H and O–H groups in total. The largest absolute Gasteiger partial charge is 0.459 e. The van der Waals surface area contributed by atoms with Crippen molar-refractivity contribution in [2.24, 2.45) is 5.10 Å². The standard InChI is InChI=1S/C14H18N2O2/c1-10(2)18-14(17)12-4-6-13(7-5-12)16-9-8-11(3)15-16/h4-7,10H,8-9H2,1-3H3. The zero-order chi connectivity index (χ0) is 13.1. The number of carbonyl (C=O) groups excluding carboxylic acids is 1. The molecule has 0 bridgehead atoms. The Morgan fingerprint density at radius 3 is 2.50 bits per heavy atom. The topological polar surface area (TPSA) is 41.9 Å². The predicted octanol–water partition coefficient (Wildman–Crippen LogP) is 2.84. The van der Waals surface area contributed by atoms with Gasteiger partial charge in [-0.05, 0) is 45.0 Å². The number of hydrogen-bond acceptors (Lipinski definition) is 4. The molecule has 4 nitrogen and oxygen atoms in total. The van der Waals surface area contributed by atoms with Crippen LogP contribution >= 0.6 is 0 Å².